The molecule has 5 heterocycles. The summed E-state index contributed by atoms with van der Waals surface area (Å²) < 4.78 is 0. The van der Waals surface area contributed by atoms with E-state index in [9.17, 15) is 0 Å². The van der Waals surface area contributed by atoms with Gasteiger partial charge in [-0.05, 0) is 401 Å². The molecule has 16 unspecified atom stereocenters. The van der Waals surface area contributed by atoms with Crippen molar-refractivity contribution in [3.63, 3.8) is 0 Å². The predicted octanol–water partition coefficient (Wildman–Crippen LogP) is 24.8. The molecule has 8 saturated carbocycles. The summed E-state index contributed by atoms with van der Waals surface area (Å²) in [5, 5.41) is 0. The number of nitrogens with zero attached hydrogens (tertiary/aromatic N) is 2. The van der Waals surface area contributed by atoms with E-state index >= 15 is 0 Å². The van der Waals surface area contributed by atoms with E-state index in [1.165, 1.54) is 147 Å². The third-order valence-electron chi connectivity index (χ3n) is 38.4. The van der Waals surface area contributed by atoms with Crippen LogP contribution in [-0.4, -0.2) is 19.9 Å². The maximum atomic E-state index is 6.60. The topological polar surface area (TPSA) is 57.4 Å². The van der Waals surface area contributed by atoms with Gasteiger partial charge >= 0.3 is 0 Å². The van der Waals surface area contributed by atoms with E-state index in [1.807, 2.05) is 0 Å². The van der Waals surface area contributed by atoms with Crippen molar-refractivity contribution in [2.75, 3.05) is 0 Å². The van der Waals surface area contributed by atoms with Crippen molar-refractivity contribution >= 4 is 46.4 Å². The average molecular weight is 1370 g/mol. The van der Waals surface area contributed by atoms with E-state index in [0.717, 1.165) is 70.1 Å². The number of aromatic amines is 2. The number of hydrogen-bond donors (Lipinski definition) is 2. The van der Waals surface area contributed by atoms with Gasteiger partial charge in [-0.25, -0.2) is 9.97 Å². The van der Waals surface area contributed by atoms with Crippen molar-refractivity contribution in [3.05, 3.63) is 160 Å². The van der Waals surface area contributed by atoms with E-state index in [0.29, 0.717) is 47.3 Å². The van der Waals surface area contributed by atoms with Crippen LogP contribution in [-0.2, 0) is 51.4 Å². The molecule has 0 spiro atoms. The largest absolute Gasteiger partial charge is 0.354 e. The fourth-order valence-corrected chi connectivity index (χ4v) is 30.1. The number of aromatic nitrogens is 4. The van der Waals surface area contributed by atoms with E-state index in [4.69, 9.17) is 9.97 Å². The van der Waals surface area contributed by atoms with Crippen molar-refractivity contribution in [1.29, 1.82) is 0 Å². The average Bonchev–Trinajstić information content (AvgIpc) is 1.03. The highest BCUT2D eigenvalue weighted by Gasteiger charge is 2.64. The second-order valence-corrected chi connectivity index (χ2v) is 44.2. The summed E-state index contributed by atoms with van der Waals surface area (Å²) >= 11 is 0. The first-order valence-corrected chi connectivity index (χ1v) is 42.4. The monoisotopic (exact) mass is 1370 g/mol. The molecule has 0 amide bonds. The Labute approximate surface area is 618 Å². The van der Waals surface area contributed by atoms with Gasteiger partial charge in [-0.2, -0.15) is 0 Å². The SMILES string of the molecule is CC1(C)C2Cc3cc4c(c(-c5c6nc(c(-c7c8c(cc9c7C7CC(C9)C7(C)C)CC7CC8C7(C)C)c7ccc([nH]7)c(-c7c8c(cc9c7C7CC(C9)C7(C)C)CC7CC8C7(C)C)c7nc(c(-c8c9c(cc%10c8C8CC(C%10)C8(C)C)CC8CC9C8(C)C)c8ccc5[nH]8)C=C7)C=C6)c3C1C2)C1CC(C4)C1(C)C. The second kappa shape index (κ2) is 18.6. The standard InChI is InChI=1S/C100H110N4/c1-93(2)53-29-45-25-46-30-54-38-62(94(54,3)4)78(46)89(77(45)61(93)37-53)85-69-17-19-71(101-69)86(90-79-47(31-55-39-63(79)95(55,5)6)26-48-32-56-40-64(80(48)90)96(56,7)8)73-21-23-75(103-73)88(92-83-51(35-59-43-67(83)99(59,13)14)28-52-36-60-44-68(84(52)92)100(60,15)16)76-24-22-74(104-76)87(72-20-18-70(85)102-72)91-81-49(33-57-41-65(81)97(57,9)10)27-50-34-58-42-66(82(50)91)98(58,11)12/h17-28,53-68,101,104H,29-44H2,1-16H3. The van der Waals surface area contributed by atoms with Crippen LogP contribution in [0.15, 0.2) is 48.5 Å². The fourth-order valence-electron chi connectivity index (χ4n) is 30.1. The molecule has 0 saturated heterocycles. The van der Waals surface area contributed by atoms with Crippen molar-refractivity contribution in [2.24, 2.45) is 90.7 Å². The number of rotatable bonds is 4. The van der Waals surface area contributed by atoms with Gasteiger partial charge in [0, 0.05) is 44.3 Å². The van der Waals surface area contributed by atoms with Crippen LogP contribution in [0.25, 0.3) is 90.9 Å². The van der Waals surface area contributed by atoms with Gasteiger partial charge in [0.1, 0.15) is 0 Å². The summed E-state index contributed by atoms with van der Waals surface area (Å²) in [7, 11) is 0. The maximum absolute atomic E-state index is 6.60. The smallest absolute Gasteiger partial charge is 0.0737 e. The Kier molecular flexibility index (Phi) is 11.0. The normalized spacial score (nSPS) is 35.2. The zero-order valence-corrected chi connectivity index (χ0v) is 65.4. The Morgan fingerprint density at radius 3 is 0.529 bits per heavy atom. The molecule has 24 aliphatic carbocycles. The van der Waals surface area contributed by atoms with Crippen LogP contribution in [0.1, 0.15) is 321 Å². The Bertz CT molecular complexity index is 4660. The predicted molar refractivity (Wildman–Crippen MR) is 427 cm³/mol. The summed E-state index contributed by atoms with van der Waals surface area (Å²) in [6, 6.07) is 21.5. The zero-order chi connectivity index (χ0) is 70.3. The first-order valence-electron chi connectivity index (χ1n) is 42.4. The molecule has 16 atom stereocenters. The summed E-state index contributed by atoms with van der Waals surface area (Å²) in [6.45, 7) is 42.2. The fraction of sp³-hybridized carbons (Fsp3) is 0.560. The lowest BCUT2D eigenvalue weighted by Crippen LogP contribution is -2.51. The van der Waals surface area contributed by atoms with Crippen LogP contribution in [0.4, 0.5) is 0 Å². The van der Waals surface area contributed by atoms with Crippen LogP contribution in [0, 0.1) is 90.7 Å². The lowest BCUT2D eigenvalue weighted by molar-refractivity contribution is 0.0124. The first-order chi connectivity index (χ1) is 49.5. The molecule has 26 aliphatic rings. The third-order valence-corrected chi connectivity index (χ3v) is 38.4. The first kappa shape index (κ1) is 61.5. The molecule has 530 valence electrons. The van der Waals surface area contributed by atoms with Crippen molar-refractivity contribution < 1.29 is 0 Å². The second-order valence-electron chi connectivity index (χ2n) is 44.2. The summed E-state index contributed by atoms with van der Waals surface area (Å²) in [5.74, 6) is 9.78. The Hall–Kier alpha value is -6.52. The van der Waals surface area contributed by atoms with Crippen molar-refractivity contribution in [1.82, 2.24) is 19.9 Å². The zero-order valence-electron chi connectivity index (χ0n) is 65.4. The van der Waals surface area contributed by atoms with Crippen LogP contribution in [0.5, 0.6) is 0 Å². The van der Waals surface area contributed by atoms with Gasteiger partial charge < -0.3 is 9.97 Å². The lowest BCUT2D eigenvalue weighted by Gasteiger charge is -2.61. The van der Waals surface area contributed by atoms with Crippen molar-refractivity contribution in [3.8, 4) is 44.5 Å². The van der Waals surface area contributed by atoms with Gasteiger partial charge in [-0.15, -0.1) is 0 Å². The van der Waals surface area contributed by atoms with E-state index in [1.54, 1.807) is 111 Å². The molecule has 3 aromatic heterocycles. The highest BCUT2D eigenvalue weighted by atomic mass is 14.8. The molecule has 4 nitrogen and oxygen atoms in total. The Morgan fingerprint density at radius 1 is 0.231 bits per heavy atom. The van der Waals surface area contributed by atoms with Gasteiger partial charge in [0.15, 0.2) is 0 Å². The lowest BCUT2D eigenvalue weighted by atomic mass is 9.43. The number of H-pyrrole nitrogens is 2. The van der Waals surface area contributed by atoms with Crippen LogP contribution >= 0.6 is 0 Å². The molecule has 2 aliphatic heterocycles. The molecule has 33 rings (SSSR count). The van der Waals surface area contributed by atoms with E-state index < -0.39 is 0 Å². The molecule has 4 heteroatoms. The highest BCUT2D eigenvalue weighted by Crippen LogP contribution is 2.75. The van der Waals surface area contributed by atoms with Gasteiger partial charge in [0.2, 0.25) is 0 Å². The molecule has 2 N–H and O–H groups in total. The van der Waals surface area contributed by atoms with Crippen molar-refractivity contribution in [2.45, 2.75) is 261 Å². The molecular formula is C100H110N4. The van der Waals surface area contributed by atoms with E-state index in [2.05, 4.69) is 194 Å². The summed E-state index contributed by atoms with van der Waals surface area (Å²) in [6.07, 6.45) is 30.0. The third kappa shape index (κ3) is 6.98. The minimum atomic E-state index is 0.227. The van der Waals surface area contributed by atoms with Crippen LogP contribution < -0.4 is 0 Å². The minimum Gasteiger partial charge on any atom is -0.354 e. The molecule has 104 heavy (non-hydrogen) atoms. The molecule has 0 radical (unpaired) electrons. The van der Waals surface area contributed by atoms with Crippen LogP contribution in [0.2, 0.25) is 0 Å². The van der Waals surface area contributed by atoms with Gasteiger partial charge in [0.05, 0.1) is 22.8 Å². The molecule has 4 aromatic carbocycles. The number of fused-ring (bicyclic) bond motifs is 8. The Balaban J connectivity index is 0.879. The maximum Gasteiger partial charge on any atom is 0.0737 e. The summed E-state index contributed by atoms with van der Waals surface area (Å²) in [5.41, 5.74) is 49.6. The minimum absolute atomic E-state index is 0.227. The van der Waals surface area contributed by atoms with Crippen LogP contribution in [0.3, 0.4) is 0 Å². The van der Waals surface area contributed by atoms with Gasteiger partial charge in [-0.1, -0.05) is 135 Å². The Morgan fingerprint density at radius 2 is 0.385 bits per heavy atom. The number of nitrogens with one attached hydrogen (secondary N) is 2. The quantitative estimate of drug-likeness (QED) is 0.184. The molecular weight excluding hydrogens is 1260 g/mol. The highest BCUT2D eigenvalue weighted by molar-refractivity contribution is 6.04. The number of benzene rings is 4. The molecule has 7 aromatic rings. The van der Waals surface area contributed by atoms with Gasteiger partial charge in [-0.3, -0.25) is 0 Å². The summed E-state index contributed by atoms with van der Waals surface area (Å²) in [4.78, 5) is 22.5. The number of hydrogen-bond acceptors (Lipinski definition) is 2. The van der Waals surface area contributed by atoms with Gasteiger partial charge in [0.25, 0.3) is 0 Å². The molecule has 24 bridgehead atoms. The van der Waals surface area contributed by atoms with E-state index in [-0.39, 0.29) is 43.3 Å². The molecule has 8 fully saturated rings.